The number of likely N-dealkylation sites (tertiary alicyclic amines) is 1. The van der Waals surface area contributed by atoms with Gasteiger partial charge in [-0.1, -0.05) is 32.9 Å². The Hall–Kier alpha value is -2.37. The molecule has 26 heavy (non-hydrogen) atoms. The first-order chi connectivity index (χ1) is 12.2. The molecular formula is C20H29N3O3. The fourth-order valence-corrected chi connectivity index (χ4v) is 2.95. The van der Waals surface area contributed by atoms with Crippen LogP contribution in [0.5, 0.6) is 0 Å². The number of amides is 3. The van der Waals surface area contributed by atoms with Crippen LogP contribution in [0.3, 0.4) is 0 Å². The Bertz CT molecular complexity index is 673. The number of benzene rings is 1. The van der Waals surface area contributed by atoms with E-state index in [0.29, 0.717) is 17.7 Å². The molecule has 0 spiro atoms. The molecule has 6 nitrogen and oxygen atoms in total. The number of nitrogens with one attached hydrogen (secondary N) is 2. The molecule has 2 N–H and O–H groups in total. The van der Waals surface area contributed by atoms with Gasteiger partial charge in [0.25, 0.3) is 5.91 Å². The zero-order valence-corrected chi connectivity index (χ0v) is 16.1. The number of carbonyl (C=O) groups is 3. The lowest BCUT2D eigenvalue weighted by Gasteiger charge is -2.21. The lowest BCUT2D eigenvalue weighted by molar-refractivity contribution is -0.127. The highest BCUT2D eigenvalue weighted by Gasteiger charge is 2.24. The van der Waals surface area contributed by atoms with Crippen LogP contribution in [0, 0.1) is 5.41 Å². The van der Waals surface area contributed by atoms with Crippen molar-refractivity contribution in [2.24, 2.45) is 5.41 Å². The van der Waals surface area contributed by atoms with Crippen molar-refractivity contribution < 1.29 is 14.4 Å². The molecule has 1 saturated heterocycles. The number of para-hydroxylation sites is 1. The summed E-state index contributed by atoms with van der Waals surface area (Å²) >= 11 is 0. The van der Waals surface area contributed by atoms with Crippen molar-refractivity contribution in [1.29, 1.82) is 0 Å². The Morgan fingerprint density at radius 1 is 1.12 bits per heavy atom. The molecule has 0 aliphatic carbocycles. The third kappa shape index (κ3) is 5.58. The first-order valence-corrected chi connectivity index (χ1v) is 9.16. The normalized spacial score (nSPS) is 15.5. The zero-order valence-electron chi connectivity index (χ0n) is 16.1. The van der Waals surface area contributed by atoms with Crippen molar-refractivity contribution >= 4 is 23.4 Å². The SMILES string of the molecule is CC(NC(=O)CC(C)(C)C)C(=O)Nc1ccccc1C(=O)N1CCCC1. The summed E-state index contributed by atoms with van der Waals surface area (Å²) in [6, 6.07) is 6.32. The summed E-state index contributed by atoms with van der Waals surface area (Å²) in [7, 11) is 0. The quantitative estimate of drug-likeness (QED) is 0.848. The van der Waals surface area contributed by atoms with Crippen molar-refractivity contribution in [2.45, 2.75) is 53.0 Å². The maximum atomic E-state index is 12.7. The second-order valence-corrected chi connectivity index (χ2v) is 8.06. The number of nitrogens with zero attached hydrogens (tertiary/aromatic N) is 1. The van der Waals surface area contributed by atoms with Gasteiger partial charge in [0.2, 0.25) is 11.8 Å². The van der Waals surface area contributed by atoms with Crippen LogP contribution in [0.15, 0.2) is 24.3 Å². The van der Waals surface area contributed by atoms with E-state index in [2.05, 4.69) is 10.6 Å². The van der Waals surface area contributed by atoms with Crippen molar-refractivity contribution in [3.8, 4) is 0 Å². The standard InChI is InChI=1S/C20H29N3O3/c1-14(21-17(24)13-20(2,3)4)18(25)22-16-10-6-5-9-15(16)19(26)23-11-7-8-12-23/h5-6,9-10,14H,7-8,11-13H2,1-4H3,(H,21,24)(H,22,25). The fourth-order valence-electron chi connectivity index (χ4n) is 2.95. The van der Waals surface area contributed by atoms with Crippen LogP contribution < -0.4 is 10.6 Å². The van der Waals surface area contributed by atoms with Crippen molar-refractivity contribution in [3.05, 3.63) is 29.8 Å². The Labute approximate surface area is 155 Å². The van der Waals surface area contributed by atoms with E-state index < -0.39 is 6.04 Å². The second-order valence-electron chi connectivity index (χ2n) is 8.06. The number of rotatable bonds is 5. The van der Waals surface area contributed by atoms with Gasteiger partial charge in [-0.15, -0.1) is 0 Å². The summed E-state index contributed by atoms with van der Waals surface area (Å²) in [4.78, 5) is 38.9. The summed E-state index contributed by atoms with van der Waals surface area (Å²) in [6.45, 7) is 9.05. The van der Waals surface area contributed by atoms with Crippen molar-refractivity contribution in [2.75, 3.05) is 18.4 Å². The molecule has 3 amide bonds. The molecule has 1 atom stereocenters. The van der Waals surface area contributed by atoms with E-state index in [9.17, 15) is 14.4 Å². The molecule has 0 radical (unpaired) electrons. The molecule has 142 valence electrons. The second kappa shape index (κ2) is 8.34. The highest BCUT2D eigenvalue weighted by molar-refractivity contribution is 6.05. The average molecular weight is 359 g/mol. The van der Waals surface area contributed by atoms with Gasteiger partial charge < -0.3 is 15.5 Å². The minimum atomic E-state index is -0.681. The largest absolute Gasteiger partial charge is 0.345 e. The number of carbonyl (C=O) groups excluding carboxylic acids is 3. The van der Waals surface area contributed by atoms with Crippen molar-refractivity contribution in [3.63, 3.8) is 0 Å². The molecule has 1 aliphatic heterocycles. The van der Waals surface area contributed by atoms with Gasteiger partial charge in [-0.05, 0) is 37.3 Å². The highest BCUT2D eigenvalue weighted by atomic mass is 16.2. The molecule has 6 heteroatoms. The van der Waals surface area contributed by atoms with Crippen LogP contribution in [0.25, 0.3) is 0 Å². The first kappa shape index (κ1) is 19.9. The van der Waals surface area contributed by atoms with E-state index in [1.54, 1.807) is 36.1 Å². The molecule has 1 fully saturated rings. The molecule has 0 aromatic heterocycles. The molecule has 1 aromatic carbocycles. The van der Waals surface area contributed by atoms with E-state index in [0.717, 1.165) is 25.9 Å². The van der Waals surface area contributed by atoms with Gasteiger partial charge in [0.05, 0.1) is 11.3 Å². The minimum absolute atomic E-state index is 0.0668. The number of hydrogen-bond acceptors (Lipinski definition) is 3. The molecule has 1 aliphatic rings. The predicted octanol–water partition coefficient (Wildman–Crippen LogP) is 2.80. The first-order valence-electron chi connectivity index (χ1n) is 9.16. The maximum Gasteiger partial charge on any atom is 0.255 e. The Balaban J connectivity index is 2.02. The maximum absolute atomic E-state index is 12.7. The van der Waals surface area contributed by atoms with Gasteiger partial charge in [0.1, 0.15) is 6.04 Å². The van der Waals surface area contributed by atoms with Gasteiger partial charge in [-0.3, -0.25) is 14.4 Å². The van der Waals surface area contributed by atoms with Gasteiger partial charge in [-0.25, -0.2) is 0 Å². The minimum Gasteiger partial charge on any atom is -0.345 e. The van der Waals surface area contributed by atoms with E-state index in [4.69, 9.17) is 0 Å². The monoisotopic (exact) mass is 359 g/mol. The van der Waals surface area contributed by atoms with Crippen LogP contribution in [0.4, 0.5) is 5.69 Å². The van der Waals surface area contributed by atoms with Gasteiger partial charge in [0, 0.05) is 19.5 Å². The molecule has 2 rings (SSSR count). The van der Waals surface area contributed by atoms with Gasteiger partial charge in [-0.2, -0.15) is 0 Å². The van der Waals surface area contributed by atoms with E-state index in [1.165, 1.54) is 0 Å². The van der Waals surface area contributed by atoms with Gasteiger partial charge in [0.15, 0.2) is 0 Å². The lowest BCUT2D eigenvalue weighted by atomic mass is 9.92. The number of hydrogen-bond donors (Lipinski definition) is 2. The smallest absolute Gasteiger partial charge is 0.255 e. The zero-order chi connectivity index (χ0) is 19.3. The third-order valence-corrected chi connectivity index (χ3v) is 4.27. The van der Waals surface area contributed by atoms with Crippen LogP contribution in [0.2, 0.25) is 0 Å². The molecule has 1 unspecified atom stereocenters. The predicted molar refractivity (Wildman–Crippen MR) is 102 cm³/mol. The van der Waals surface area contributed by atoms with Crippen LogP contribution in [-0.2, 0) is 9.59 Å². The van der Waals surface area contributed by atoms with E-state index in [1.807, 2.05) is 20.8 Å². The number of anilines is 1. The highest BCUT2D eigenvalue weighted by Crippen LogP contribution is 2.21. The summed E-state index contributed by atoms with van der Waals surface area (Å²) < 4.78 is 0. The summed E-state index contributed by atoms with van der Waals surface area (Å²) in [5, 5.41) is 5.50. The van der Waals surface area contributed by atoms with E-state index in [-0.39, 0.29) is 23.1 Å². The van der Waals surface area contributed by atoms with Crippen LogP contribution in [0.1, 0.15) is 57.3 Å². The summed E-state index contributed by atoms with van der Waals surface area (Å²) in [5.41, 5.74) is 0.817. The van der Waals surface area contributed by atoms with Gasteiger partial charge >= 0.3 is 0 Å². The summed E-state index contributed by atoms with van der Waals surface area (Å²) in [6.07, 6.45) is 2.36. The molecule has 1 aromatic rings. The van der Waals surface area contributed by atoms with Crippen molar-refractivity contribution in [1.82, 2.24) is 10.2 Å². The topological polar surface area (TPSA) is 78.5 Å². The average Bonchev–Trinajstić information content (AvgIpc) is 3.07. The Morgan fingerprint density at radius 3 is 2.35 bits per heavy atom. The molecule has 0 saturated carbocycles. The molecule has 1 heterocycles. The third-order valence-electron chi connectivity index (χ3n) is 4.27. The Morgan fingerprint density at radius 2 is 1.73 bits per heavy atom. The Kier molecular flexibility index (Phi) is 6.40. The fraction of sp³-hybridized carbons (Fsp3) is 0.550. The van der Waals surface area contributed by atoms with E-state index >= 15 is 0 Å². The molecular weight excluding hydrogens is 330 g/mol. The van der Waals surface area contributed by atoms with Crippen LogP contribution >= 0.6 is 0 Å². The van der Waals surface area contributed by atoms with Crippen LogP contribution in [-0.4, -0.2) is 41.8 Å². The lowest BCUT2D eigenvalue weighted by Crippen LogP contribution is -2.43. The molecule has 0 bridgehead atoms. The summed E-state index contributed by atoms with van der Waals surface area (Å²) in [5.74, 6) is -0.571.